The summed E-state index contributed by atoms with van der Waals surface area (Å²) in [6.45, 7) is 5.38. The average Bonchev–Trinajstić information content (AvgIpc) is 3.35. The Labute approximate surface area is 202 Å². The van der Waals surface area contributed by atoms with Gasteiger partial charge in [-0.2, -0.15) is 0 Å². The summed E-state index contributed by atoms with van der Waals surface area (Å²) in [7, 11) is 0. The zero-order valence-electron chi connectivity index (χ0n) is 20.5. The molecule has 5 rings (SSSR count). The Kier molecular flexibility index (Phi) is 5.90. The number of esters is 1. The summed E-state index contributed by atoms with van der Waals surface area (Å²) >= 11 is 0. The van der Waals surface area contributed by atoms with Crippen molar-refractivity contribution in [2.24, 2.45) is 46.0 Å². The van der Waals surface area contributed by atoms with Crippen LogP contribution in [0.15, 0.2) is 23.3 Å². The molecule has 4 aliphatic carbocycles. The molecular weight excluding hydrogens is 430 g/mol. The first-order valence-electron chi connectivity index (χ1n) is 13.0. The quantitative estimate of drug-likeness (QED) is 0.422. The SMILES string of the molecule is C[C@]12CC[C@H](NC(=O)[C@H](N)CC(N)=O)C[C@H]1CC[C@H]1C3=CC[C@H](C4=CC(=O)OC4)[C@@]3(C)CC[C@@H]12. The van der Waals surface area contributed by atoms with Gasteiger partial charge in [-0.3, -0.25) is 9.59 Å². The first-order valence-corrected chi connectivity index (χ1v) is 13.0. The molecule has 186 valence electrons. The predicted molar refractivity (Wildman–Crippen MR) is 128 cm³/mol. The summed E-state index contributed by atoms with van der Waals surface area (Å²) in [5, 5.41) is 3.10. The van der Waals surface area contributed by atoms with Crippen molar-refractivity contribution < 1.29 is 19.1 Å². The van der Waals surface area contributed by atoms with Gasteiger partial charge in [0.15, 0.2) is 0 Å². The maximum Gasteiger partial charge on any atom is 0.331 e. The van der Waals surface area contributed by atoms with Crippen LogP contribution in [0.25, 0.3) is 0 Å². The van der Waals surface area contributed by atoms with Crippen molar-refractivity contribution >= 4 is 17.8 Å². The van der Waals surface area contributed by atoms with Crippen LogP contribution in [0.2, 0.25) is 0 Å². The van der Waals surface area contributed by atoms with E-state index in [1.165, 1.54) is 31.3 Å². The number of carbonyl (C=O) groups excluding carboxylic acids is 3. The molecule has 0 spiro atoms. The zero-order chi connectivity index (χ0) is 24.3. The van der Waals surface area contributed by atoms with Gasteiger partial charge in [-0.15, -0.1) is 0 Å². The largest absolute Gasteiger partial charge is 0.458 e. The molecule has 0 radical (unpaired) electrons. The highest BCUT2D eigenvalue weighted by Crippen LogP contribution is 2.66. The lowest BCUT2D eigenvalue weighted by Crippen LogP contribution is -2.55. The number of nitrogens with two attached hydrogens (primary N) is 2. The molecule has 1 heterocycles. The smallest absolute Gasteiger partial charge is 0.331 e. The molecule has 0 saturated heterocycles. The fraction of sp³-hybridized carbons (Fsp3) is 0.741. The second-order valence-corrected chi connectivity index (χ2v) is 12.0. The molecular formula is C27H39N3O4. The summed E-state index contributed by atoms with van der Waals surface area (Å²) < 4.78 is 5.25. The third-order valence-corrected chi connectivity index (χ3v) is 10.3. The number of nitrogens with one attached hydrogen (secondary N) is 1. The maximum absolute atomic E-state index is 12.4. The van der Waals surface area contributed by atoms with Crippen molar-refractivity contribution in [3.63, 3.8) is 0 Å². The van der Waals surface area contributed by atoms with Gasteiger partial charge in [0, 0.05) is 12.1 Å². The summed E-state index contributed by atoms with van der Waals surface area (Å²) in [6.07, 6.45) is 13.0. The molecule has 0 aromatic heterocycles. The van der Waals surface area contributed by atoms with E-state index in [1.54, 1.807) is 11.6 Å². The van der Waals surface area contributed by atoms with Crippen LogP contribution in [0, 0.1) is 34.5 Å². The number of ether oxygens (including phenoxy) is 1. The molecule has 5 N–H and O–H groups in total. The Morgan fingerprint density at radius 3 is 2.71 bits per heavy atom. The topological polar surface area (TPSA) is 125 Å². The number of hydrogen-bond acceptors (Lipinski definition) is 5. The molecule has 7 heteroatoms. The number of primary amides is 1. The lowest BCUT2D eigenvalue weighted by molar-refractivity contribution is -0.135. The van der Waals surface area contributed by atoms with Crippen LogP contribution in [-0.4, -0.2) is 36.5 Å². The molecule has 8 atom stereocenters. The van der Waals surface area contributed by atoms with Gasteiger partial charge < -0.3 is 21.5 Å². The van der Waals surface area contributed by atoms with Crippen LogP contribution in [0.4, 0.5) is 0 Å². The minimum Gasteiger partial charge on any atom is -0.458 e. The predicted octanol–water partition coefficient (Wildman–Crippen LogP) is 2.74. The molecule has 3 saturated carbocycles. The van der Waals surface area contributed by atoms with E-state index in [-0.39, 0.29) is 35.2 Å². The molecule has 0 aromatic carbocycles. The van der Waals surface area contributed by atoms with Gasteiger partial charge in [0.2, 0.25) is 11.8 Å². The minimum atomic E-state index is -0.865. The number of hydrogen-bond donors (Lipinski definition) is 3. The molecule has 0 aromatic rings. The van der Waals surface area contributed by atoms with Crippen LogP contribution >= 0.6 is 0 Å². The lowest BCUT2D eigenvalue weighted by Gasteiger charge is -2.60. The average molecular weight is 470 g/mol. The first kappa shape index (κ1) is 23.6. The van der Waals surface area contributed by atoms with E-state index in [4.69, 9.17) is 16.2 Å². The van der Waals surface area contributed by atoms with Crippen molar-refractivity contribution in [1.82, 2.24) is 5.32 Å². The molecule has 2 amide bonds. The Hall–Kier alpha value is -2.15. The van der Waals surface area contributed by atoms with E-state index in [0.717, 1.165) is 25.7 Å². The fourth-order valence-corrected chi connectivity index (χ4v) is 8.49. The van der Waals surface area contributed by atoms with Gasteiger partial charge in [0.25, 0.3) is 0 Å². The highest BCUT2D eigenvalue weighted by molar-refractivity contribution is 5.87. The third-order valence-electron chi connectivity index (χ3n) is 10.3. The van der Waals surface area contributed by atoms with Gasteiger partial charge >= 0.3 is 5.97 Å². The zero-order valence-corrected chi connectivity index (χ0v) is 20.5. The van der Waals surface area contributed by atoms with Gasteiger partial charge in [-0.05, 0) is 91.4 Å². The molecule has 5 aliphatic rings. The number of rotatable bonds is 5. The van der Waals surface area contributed by atoms with Crippen LogP contribution in [0.3, 0.4) is 0 Å². The van der Waals surface area contributed by atoms with Crippen molar-refractivity contribution in [2.45, 2.75) is 83.7 Å². The van der Waals surface area contributed by atoms with Crippen molar-refractivity contribution in [3.05, 3.63) is 23.3 Å². The van der Waals surface area contributed by atoms with Crippen LogP contribution < -0.4 is 16.8 Å². The highest BCUT2D eigenvalue weighted by atomic mass is 16.5. The number of allylic oxidation sites excluding steroid dienone is 2. The van der Waals surface area contributed by atoms with E-state index in [0.29, 0.717) is 30.3 Å². The summed E-state index contributed by atoms with van der Waals surface area (Å²) in [5.41, 5.74) is 14.3. The molecule has 1 aliphatic heterocycles. The molecule has 34 heavy (non-hydrogen) atoms. The molecule has 3 fully saturated rings. The van der Waals surface area contributed by atoms with E-state index < -0.39 is 11.9 Å². The summed E-state index contributed by atoms with van der Waals surface area (Å²) in [6, 6.07) is -0.743. The van der Waals surface area contributed by atoms with Gasteiger partial charge in [-0.1, -0.05) is 25.5 Å². The second-order valence-electron chi connectivity index (χ2n) is 12.0. The van der Waals surface area contributed by atoms with Gasteiger partial charge in [0.1, 0.15) is 6.61 Å². The monoisotopic (exact) mass is 469 g/mol. The van der Waals surface area contributed by atoms with Crippen LogP contribution in [0.5, 0.6) is 0 Å². The van der Waals surface area contributed by atoms with Crippen molar-refractivity contribution in [2.75, 3.05) is 6.61 Å². The number of carbonyl (C=O) groups is 3. The van der Waals surface area contributed by atoms with E-state index in [2.05, 4.69) is 25.2 Å². The van der Waals surface area contributed by atoms with Crippen LogP contribution in [0.1, 0.15) is 71.6 Å². The fourth-order valence-electron chi connectivity index (χ4n) is 8.49. The van der Waals surface area contributed by atoms with E-state index in [1.807, 2.05) is 0 Å². The lowest BCUT2D eigenvalue weighted by atomic mass is 9.45. The maximum atomic E-state index is 12.4. The summed E-state index contributed by atoms with van der Waals surface area (Å²) in [5.74, 6) is 1.29. The highest BCUT2D eigenvalue weighted by Gasteiger charge is 2.58. The Bertz CT molecular complexity index is 958. The first-order chi connectivity index (χ1) is 16.1. The second kappa shape index (κ2) is 8.51. The molecule has 0 unspecified atom stereocenters. The Morgan fingerprint density at radius 1 is 1.21 bits per heavy atom. The molecule has 7 nitrogen and oxygen atoms in total. The summed E-state index contributed by atoms with van der Waals surface area (Å²) in [4.78, 5) is 35.3. The van der Waals surface area contributed by atoms with Crippen molar-refractivity contribution in [1.29, 1.82) is 0 Å². The van der Waals surface area contributed by atoms with E-state index in [9.17, 15) is 14.4 Å². The van der Waals surface area contributed by atoms with E-state index >= 15 is 0 Å². The van der Waals surface area contributed by atoms with Gasteiger partial charge in [0.05, 0.1) is 12.5 Å². The minimum absolute atomic E-state index is 0.116. The number of fused-ring (bicyclic) bond motifs is 5. The standard InChI is InChI=1S/C27H39N3O4/c1-26-9-7-17(30-25(33)22(28)13-23(29)31)12-16(26)3-4-18-20-6-5-19(15-11-24(32)34-14-15)27(20,2)10-8-21(18)26/h6,11,16-19,21-22H,3-5,7-10,12-14,28H2,1-2H3,(H2,29,31)(H,30,33)/t16-,17+,18+,19-,21+,22-,26+,27-/m1/s1. The Morgan fingerprint density at radius 2 is 2.00 bits per heavy atom. The van der Waals surface area contributed by atoms with Gasteiger partial charge in [-0.25, -0.2) is 4.79 Å². The number of amides is 2. The Balaban J connectivity index is 1.27. The van der Waals surface area contributed by atoms with Crippen LogP contribution in [-0.2, 0) is 19.1 Å². The number of cyclic esters (lactones) is 1. The normalized spacial score (nSPS) is 41.9. The third kappa shape index (κ3) is 3.80. The van der Waals surface area contributed by atoms with Crippen molar-refractivity contribution in [3.8, 4) is 0 Å². The molecule has 0 bridgehead atoms.